The monoisotopic (exact) mass is 471 g/mol. The van der Waals surface area contributed by atoms with Crippen LogP contribution in [0.3, 0.4) is 0 Å². The van der Waals surface area contributed by atoms with Gasteiger partial charge in [-0.15, -0.1) is 17.0 Å². The number of nitrogens with zero attached hydrogens (tertiary/aromatic N) is 1. The second-order valence-electron chi connectivity index (χ2n) is 7.61. The van der Waals surface area contributed by atoms with Crippen molar-refractivity contribution in [2.45, 2.75) is 96.8 Å². The first kappa shape index (κ1) is 28.0. The molecular formula is C19H43AgBrN+. The van der Waals surface area contributed by atoms with E-state index in [0.717, 1.165) is 4.48 Å². The predicted octanol–water partition coefficient (Wildman–Crippen LogP) is 6.75. The van der Waals surface area contributed by atoms with Crippen molar-refractivity contribution >= 4 is 17.0 Å². The maximum atomic E-state index is 2.29. The summed E-state index contributed by atoms with van der Waals surface area (Å²) >= 11 is 0. The van der Waals surface area contributed by atoms with Crippen LogP contribution in [0.25, 0.3) is 0 Å². The number of unbranched alkanes of at least 4 members (excludes halogenated alkanes) is 13. The van der Waals surface area contributed by atoms with Crippen LogP contribution in [0.4, 0.5) is 0 Å². The van der Waals surface area contributed by atoms with E-state index in [1.807, 2.05) is 0 Å². The standard InChI is InChI=1S/C19H42N.Ag.BrH/c1-5-6-7-8-9-10-11-12-13-14-15-16-17-18-19-20(2,3)4;;/h5-19H2,1-4H3;;1H/q+1;;. The van der Waals surface area contributed by atoms with Crippen molar-refractivity contribution in [2.75, 3.05) is 27.7 Å². The largest absolute Gasteiger partial charge is 0.331 e. The summed E-state index contributed by atoms with van der Waals surface area (Å²) in [6.45, 7) is 3.63. The zero-order valence-corrected chi connectivity index (χ0v) is 19.0. The van der Waals surface area contributed by atoms with Gasteiger partial charge in [-0.25, -0.2) is 0 Å². The van der Waals surface area contributed by atoms with Crippen molar-refractivity contribution in [3.05, 3.63) is 0 Å². The minimum Gasteiger partial charge on any atom is -0.331 e. The third kappa shape index (κ3) is 26.1. The normalized spacial score (nSPS) is 10.9. The van der Waals surface area contributed by atoms with Gasteiger partial charge in [0.15, 0.2) is 0 Å². The van der Waals surface area contributed by atoms with Crippen LogP contribution >= 0.6 is 17.0 Å². The zero-order valence-electron chi connectivity index (χ0n) is 15.8. The fraction of sp³-hybridized carbons (Fsp3) is 1.00. The predicted molar refractivity (Wildman–Crippen MR) is 104 cm³/mol. The molecule has 3 heteroatoms. The Morgan fingerprint density at radius 2 is 0.773 bits per heavy atom. The maximum absolute atomic E-state index is 2.29. The van der Waals surface area contributed by atoms with Gasteiger partial charge in [-0.1, -0.05) is 84.0 Å². The van der Waals surface area contributed by atoms with Gasteiger partial charge in [-0.3, -0.25) is 0 Å². The molecule has 0 heterocycles. The van der Waals surface area contributed by atoms with E-state index >= 15 is 0 Å². The Kier molecular flexibility index (Phi) is 25.7. The first-order valence-corrected chi connectivity index (χ1v) is 9.36. The van der Waals surface area contributed by atoms with Crippen molar-refractivity contribution in [3.8, 4) is 0 Å². The summed E-state index contributed by atoms with van der Waals surface area (Å²) in [5.74, 6) is 0. The Balaban J connectivity index is -0.00000180. The average Bonchev–Trinajstić information content (AvgIpc) is 2.38. The molecule has 0 aromatic carbocycles. The molecule has 0 amide bonds. The molecule has 0 rings (SSSR count). The van der Waals surface area contributed by atoms with Gasteiger partial charge in [-0.05, 0) is 12.8 Å². The fourth-order valence-corrected chi connectivity index (χ4v) is 2.78. The molecule has 0 atom stereocenters. The van der Waals surface area contributed by atoms with Gasteiger partial charge in [0.2, 0.25) is 0 Å². The van der Waals surface area contributed by atoms with Gasteiger partial charge in [-0.2, -0.15) is 0 Å². The molecule has 0 aromatic heterocycles. The molecule has 141 valence electrons. The van der Waals surface area contributed by atoms with Crippen LogP contribution in [-0.2, 0) is 22.4 Å². The van der Waals surface area contributed by atoms with Crippen LogP contribution in [0.15, 0.2) is 0 Å². The molecule has 0 aliphatic carbocycles. The number of halogens is 1. The number of quaternary nitrogens is 1. The van der Waals surface area contributed by atoms with E-state index in [1.165, 1.54) is 96.4 Å². The molecule has 0 aliphatic rings. The Bertz CT molecular complexity index is 192. The van der Waals surface area contributed by atoms with Crippen LogP contribution < -0.4 is 0 Å². The average molecular weight is 473 g/mol. The number of hydrogen-bond donors (Lipinski definition) is 0. The zero-order chi connectivity index (χ0) is 15.1. The van der Waals surface area contributed by atoms with E-state index in [-0.39, 0.29) is 39.4 Å². The third-order valence-electron chi connectivity index (χ3n) is 4.18. The van der Waals surface area contributed by atoms with Crippen molar-refractivity contribution in [1.29, 1.82) is 0 Å². The molecular weight excluding hydrogens is 430 g/mol. The molecule has 0 N–H and O–H groups in total. The topological polar surface area (TPSA) is 0 Å². The minimum absolute atomic E-state index is 0. The molecule has 0 aromatic rings. The van der Waals surface area contributed by atoms with E-state index in [4.69, 9.17) is 0 Å². The van der Waals surface area contributed by atoms with E-state index in [9.17, 15) is 0 Å². The van der Waals surface area contributed by atoms with Gasteiger partial charge in [0.25, 0.3) is 0 Å². The van der Waals surface area contributed by atoms with Gasteiger partial charge in [0.1, 0.15) is 0 Å². The van der Waals surface area contributed by atoms with Crippen LogP contribution in [0.5, 0.6) is 0 Å². The van der Waals surface area contributed by atoms with Crippen LogP contribution in [0, 0.1) is 0 Å². The summed E-state index contributed by atoms with van der Waals surface area (Å²) in [6.07, 6.45) is 20.4. The minimum atomic E-state index is 0. The molecule has 0 saturated heterocycles. The summed E-state index contributed by atoms with van der Waals surface area (Å²) < 4.78 is 1.12. The van der Waals surface area contributed by atoms with Crippen molar-refractivity contribution < 1.29 is 26.9 Å². The van der Waals surface area contributed by atoms with Gasteiger partial charge < -0.3 is 4.48 Å². The van der Waals surface area contributed by atoms with Crippen molar-refractivity contribution in [3.63, 3.8) is 0 Å². The van der Waals surface area contributed by atoms with E-state index in [2.05, 4.69) is 28.1 Å². The summed E-state index contributed by atoms with van der Waals surface area (Å²) in [6, 6.07) is 0. The second-order valence-corrected chi connectivity index (χ2v) is 7.61. The van der Waals surface area contributed by atoms with E-state index < -0.39 is 0 Å². The quantitative estimate of drug-likeness (QED) is 0.140. The smallest absolute Gasteiger partial charge is 0.0780 e. The SMILES string of the molecule is Br.CCCCCCCCCCCCCCCC[N+](C)(C)C.[Ag]. The molecule has 1 nitrogen and oxygen atoms in total. The second kappa shape index (κ2) is 20.2. The van der Waals surface area contributed by atoms with Gasteiger partial charge in [0.05, 0.1) is 27.7 Å². The Labute approximate surface area is 167 Å². The summed E-state index contributed by atoms with van der Waals surface area (Å²) in [7, 11) is 6.88. The van der Waals surface area contributed by atoms with Crippen molar-refractivity contribution in [1.82, 2.24) is 0 Å². The number of hydrogen-bond acceptors (Lipinski definition) is 0. The number of rotatable bonds is 15. The molecule has 0 fully saturated rings. The van der Waals surface area contributed by atoms with Crippen LogP contribution in [-0.4, -0.2) is 32.2 Å². The van der Waals surface area contributed by atoms with Crippen molar-refractivity contribution in [2.24, 2.45) is 0 Å². The Hall–Kier alpha value is 1.18. The third-order valence-corrected chi connectivity index (χ3v) is 4.18. The maximum Gasteiger partial charge on any atom is 0.0780 e. The summed E-state index contributed by atoms with van der Waals surface area (Å²) in [5.41, 5.74) is 0. The van der Waals surface area contributed by atoms with Crippen LogP contribution in [0.1, 0.15) is 96.8 Å². The molecule has 0 unspecified atom stereocenters. The molecule has 0 spiro atoms. The van der Waals surface area contributed by atoms with E-state index in [1.54, 1.807) is 0 Å². The molecule has 0 bridgehead atoms. The fourth-order valence-electron chi connectivity index (χ4n) is 2.78. The summed E-state index contributed by atoms with van der Waals surface area (Å²) in [4.78, 5) is 0. The Morgan fingerprint density at radius 1 is 0.500 bits per heavy atom. The molecule has 0 saturated carbocycles. The molecule has 0 aliphatic heterocycles. The van der Waals surface area contributed by atoms with E-state index in [0.29, 0.717) is 0 Å². The van der Waals surface area contributed by atoms with Crippen LogP contribution in [0.2, 0.25) is 0 Å². The molecule has 22 heavy (non-hydrogen) atoms. The first-order chi connectivity index (χ1) is 9.56. The first-order valence-electron chi connectivity index (χ1n) is 9.36. The van der Waals surface area contributed by atoms with Gasteiger partial charge in [0, 0.05) is 22.4 Å². The Morgan fingerprint density at radius 3 is 1.05 bits per heavy atom. The summed E-state index contributed by atoms with van der Waals surface area (Å²) in [5, 5.41) is 0. The molecule has 1 radical (unpaired) electrons. The van der Waals surface area contributed by atoms with Gasteiger partial charge >= 0.3 is 0 Å².